The van der Waals surface area contributed by atoms with Crippen LogP contribution in [0.3, 0.4) is 0 Å². The van der Waals surface area contributed by atoms with Crippen LogP contribution >= 0.6 is 11.3 Å². The quantitative estimate of drug-likeness (QED) is 0.669. The molecule has 1 heterocycles. The predicted octanol–water partition coefficient (Wildman–Crippen LogP) is 3.30. The van der Waals surface area contributed by atoms with Gasteiger partial charge >= 0.3 is 5.97 Å². The summed E-state index contributed by atoms with van der Waals surface area (Å²) in [6, 6.07) is 5.21. The third-order valence-electron chi connectivity index (χ3n) is 3.18. The van der Waals surface area contributed by atoms with E-state index in [1.54, 1.807) is 29.5 Å². The highest BCUT2D eigenvalue weighted by atomic mass is 32.1. The van der Waals surface area contributed by atoms with Gasteiger partial charge in [-0.25, -0.2) is 9.78 Å². The Morgan fingerprint density at radius 2 is 2.14 bits per heavy atom. The summed E-state index contributed by atoms with van der Waals surface area (Å²) in [6.07, 6.45) is 0. The van der Waals surface area contributed by atoms with E-state index in [-0.39, 0.29) is 6.04 Å². The number of anilines is 2. The molecule has 0 spiro atoms. The molecule has 0 amide bonds. The van der Waals surface area contributed by atoms with Crippen molar-refractivity contribution in [2.45, 2.75) is 26.8 Å². The summed E-state index contributed by atoms with van der Waals surface area (Å²) in [5, 5.41) is 4.40. The van der Waals surface area contributed by atoms with E-state index >= 15 is 0 Å². The van der Waals surface area contributed by atoms with Gasteiger partial charge in [-0.2, -0.15) is 0 Å². The lowest BCUT2D eigenvalue weighted by molar-refractivity contribution is 0.0601. The van der Waals surface area contributed by atoms with Crippen LogP contribution in [0.1, 0.15) is 38.9 Å². The molecule has 3 N–H and O–H groups in total. The summed E-state index contributed by atoms with van der Waals surface area (Å²) >= 11 is 1.67. The molecule has 1 unspecified atom stereocenters. The van der Waals surface area contributed by atoms with E-state index in [1.807, 2.05) is 13.8 Å². The second-order valence-electron chi connectivity index (χ2n) is 4.84. The van der Waals surface area contributed by atoms with Gasteiger partial charge in [-0.15, -0.1) is 11.3 Å². The maximum absolute atomic E-state index is 11.5. The number of benzene rings is 1. The number of hydrogen-bond donors (Lipinski definition) is 2. The lowest BCUT2D eigenvalue weighted by atomic mass is 10.1. The van der Waals surface area contributed by atoms with Gasteiger partial charge in [-0.05, 0) is 39.0 Å². The average Bonchev–Trinajstić information content (AvgIpc) is 2.79. The normalized spacial score (nSPS) is 12.0. The zero-order valence-electron chi connectivity index (χ0n) is 12.6. The number of aromatic nitrogens is 1. The molecule has 1 aromatic heterocycles. The molecule has 0 aliphatic rings. The standard InChI is InChI=1S/C15H19N3O2S/c1-8-14(21-10(3)17-8)9(2)18-13-6-5-11(7-12(13)16)15(19)20-4/h5-7,9,18H,16H2,1-4H3. The Kier molecular flexibility index (Phi) is 4.47. The highest BCUT2D eigenvalue weighted by Crippen LogP contribution is 2.30. The number of nitrogens with two attached hydrogens (primary N) is 1. The first-order valence-corrected chi connectivity index (χ1v) is 7.42. The van der Waals surface area contributed by atoms with Crippen molar-refractivity contribution in [3.63, 3.8) is 0 Å². The monoisotopic (exact) mass is 305 g/mol. The van der Waals surface area contributed by atoms with E-state index in [4.69, 9.17) is 5.73 Å². The van der Waals surface area contributed by atoms with E-state index in [0.717, 1.165) is 16.4 Å². The fourth-order valence-electron chi connectivity index (χ4n) is 2.19. The van der Waals surface area contributed by atoms with Crippen molar-refractivity contribution in [3.8, 4) is 0 Å². The van der Waals surface area contributed by atoms with Crippen molar-refractivity contribution in [2.24, 2.45) is 0 Å². The number of thiazole rings is 1. The fourth-order valence-corrected chi connectivity index (χ4v) is 3.12. The highest BCUT2D eigenvalue weighted by molar-refractivity contribution is 7.11. The van der Waals surface area contributed by atoms with Gasteiger partial charge in [0.1, 0.15) is 0 Å². The molecule has 0 aliphatic carbocycles. The van der Waals surface area contributed by atoms with Gasteiger partial charge in [-0.3, -0.25) is 0 Å². The molecular weight excluding hydrogens is 286 g/mol. The molecule has 21 heavy (non-hydrogen) atoms. The molecule has 0 fully saturated rings. The number of nitrogen functional groups attached to an aromatic ring is 1. The smallest absolute Gasteiger partial charge is 0.337 e. The second-order valence-corrected chi connectivity index (χ2v) is 6.08. The van der Waals surface area contributed by atoms with Gasteiger partial charge in [0, 0.05) is 4.88 Å². The Balaban J connectivity index is 2.20. The van der Waals surface area contributed by atoms with Crippen LogP contribution in [0.2, 0.25) is 0 Å². The summed E-state index contributed by atoms with van der Waals surface area (Å²) in [7, 11) is 1.35. The molecule has 2 aromatic rings. The number of methoxy groups -OCH3 is 1. The van der Waals surface area contributed by atoms with Crippen LogP contribution in [0, 0.1) is 13.8 Å². The molecule has 5 nitrogen and oxygen atoms in total. The molecule has 0 radical (unpaired) electrons. The highest BCUT2D eigenvalue weighted by Gasteiger charge is 2.15. The van der Waals surface area contributed by atoms with E-state index in [1.165, 1.54) is 12.0 Å². The molecule has 1 aromatic carbocycles. The summed E-state index contributed by atoms with van der Waals surface area (Å²) in [4.78, 5) is 17.1. The topological polar surface area (TPSA) is 77.2 Å². The van der Waals surface area contributed by atoms with Crippen LogP contribution < -0.4 is 11.1 Å². The average molecular weight is 305 g/mol. The maximum Gasteiger partial charge on any atom is 0.337 e. The Hall–Kier alpha value is -2.08. The Bertz CT molecular complexity index is 667. The van der Waals surface area contributed by atoms with Crippen LogP contribution in [0.15, 0.2) is 18.2 Å². The number of aryl methyl sites for hydroxylation is 2. The van der Waals surface area contributed by atoms with Crippen molar-refractivity contribution in [2.75, 3.05) is 18.2 Å². The largest absolute Gasteiger partial charge is 0.465 e. The molecule has 0 aliphatic heterocycles. The van der Waals surface area contributed by atoms with Crippen molar-refractivity contribution < 1.29 is 9.53 Å². The van der Waals surface area contributed by atoms with Crippen molar-refractivity contribution in [1.82, 2.24) is 4.98 Å². The number of carbonyl (C=O) groups is 1. The van der Waals surface area contributed by atoms with Gasteiger partial charge in [-0.1, -0.05) is 0 Å². The molecule has 0 saturated heterocycles. The summed E-state index contributed by atoms with van der Waals surface area (Å²) in [5.74, 6) is -0.393. The number of rotatable bonds is 4. The van der Waals surface area contributed by atoms with Crippen molar-refractivity contribution >= 4 is 28.7 Å². The van der Waals surface area contributed by atoms with E-state index in [9.17, 15) is 4.79 Å². The zero-order valence-corrected chi connectivity index (χ0v) is 13.4. The molecule has 0 saturated carbocycles. The molecule has 0 bridgehead atoms. The van der Waals surface area contributed by atoms with Crippen LogP contribution in [-0.2, 0) is 4.74 Å². The first-order chi connectivity index (χ1) is 9.92. The minimum atomic E-state index is -0.393. The molecular formula is C15H19N3O2S. The van der Waals surface area contributed by atoms with Crippen molar-refractivity contribution in [1.29, 1.82) is 0 Å². The van der Waals surface area contributed by atoms with Gasteiger partial charge in [0.05, 0.1) is 40.8 Å². The van der Waals surface area contributed by atoms with Gasteiger partial charge < -0.3 is 15.8 Å². The van der Waals surface area contributed by atoms with Gasteiger partial charge in [0.2, 0.25) is 0 Å². The Morgan fingerprint density at radius 3 is 2.67 bits per heavy atom. The third kappa shape index (κ3) is 3.33. The lowest BCUT2D eigenvalue weighted by Crippen LogP contribution is -2.09. The van der Waals surface area contributed by atoms with Crippen LogP contribution in [0.25, 0.3) is 0 Å². The number of nitrogens with zero attached hydrogens (tertiary/aromatic N) is 1. The van der Waals surface area contributed by atoms with E-state index < -0.39 is 5.97 Å². The fraction of sp³-hybridized carbons (Fsp3) is 0.333. The SMILES string of the molecule is COC(=O)c1ccc(NC(C)c2sc(C)nc2C)c(N)c1. The Labute approximate surface area is 128 Å². The molecule has 112 valence electrons. The molecule has 6 heteroatoms. The number of ether oxygens (including phenoxy) is 1. The number of hydrogen-bond acceptors (Lipinski definition) is 6. The second kappa shape index (κ2) is 6.13. The first-order valence-electron chi connectivity index (χ1n) is 6.60. The van der Waals surface area contributed by atoms with E-state index in [0.29, 0.717) is 11.3 Å². The third-order valence-corrected chi connectivity index (χ3v) is 4.43. The number of nitrogens with one attached hydrogen (secondary N) is 1. The predicted molar refractivity (Wildman–Crippen MR) is 85.8 cm³/mol. The summed E-state index contributed by atoms with van der Waals surface area (Å²) in [6.45, 7) is 6.06. The lowest BCUT2D eigenvalue weighted by Gasteiger charge is -2.16. The summed E-state index contributed by atoms with van der Waals surface area (Å²) < 4.78 is 4.68. The van der Waals surface area contributed by atoms with E-state index in [2.05, 4.69) is 22.0 Å². The zero-order chi connectivity index (χ0) is 15.6. The van der Waals surface area contributed by atoms with Crippen LogP contribution in [-0.4, -0.2) is 18.1 Å². The Morgan fingerprint density at radius 1 is 1.43 bits per heavy atom. The first kappa shape index (κ1) is 15.3. The van der Waals surface area contributed by atoms with Crippen LogP contribution in [0.5, 0.6) is 0 Å². The van der Waals surface area contributed by atoms with Crippen LogP contribution in [0.4, 0.5) is 11.4 Å². The summed E-state index contributed by atoms with van der Waals surface area (Å²) in [5.41, 5.74) is 8.78. The minimum Gasteiger partial charge on any atom is -0.465 e. The molecule has 1 atom stereocenters. The number of carbonyl (C=O) groups excluding carboxylic acids is 1. The molecule has 2 rings (SSSR count). The van der Waals surface area contributed by atoms with Gasteiger partial charge in [0.15, 0.2) is 0 Å². The van der Waals surface area contributed by atoms with Crippen molar-refractivity contribution in [3.05, 3.63) is 39.3 Å². The maximum atomic E-state index is 11.5. The van der Waals surface area contributed by atoms with Gasteiger partial charge in [0.25, 0.3) is 0 Å². The number of esters is 1. The minimum absolute atomic E-state index is 0.0995.